The zero-order valence-electron chi connectivity index (χ0n) is 10.3. The normalized spacial score (nSPS) is 10.6. The summed E-state index contributed by atoms with van der Waals surface area (Å²) in [5.74, 6) is 0.772. The average Bonchev–Trinajstić information content (AvgIpc) is 2.46. The first-order valence-electron chi connectivity index (χ1n) is 5.61. The number of nitrogens with zero attached hydrogens (tertiary/aromatic N) is 2. The van der Waals surface area contributed by atoms with E-state index in [0.717, 1.165) is 17.0 Å². The molecule has 5 nitrogen and oxygen atoms in total. The van der Waals surface area contributed by atoms with Gasteiger partial charge in [-0.3, -0.25) is 15.1 Å². The van der Waals surface area contributed by atoms with Gasteiger partial charge in [-0.2, -0.15) is 0 Å². The van der Waals surface area contributed by atoms with Gasteiger partial charge in [-0.1, -0.05) is 0 Å². The topological polar surface area (TPSA) is 64.7 Å². The molecule has 0 N–H and O–H groups in total. The third-order valence-electron chi connectivity index (χ3n) is 2.54. The number of nitro benzene ring substituents is 1. The third-order valence-corrected chi connectivity index (χ3v) is 2.54. The van der Waals surface area contributed by atoms with Crippen molar-refractivity contribution >= 4 is 17.6 Å². The fourth-order valence-corrected chi connectivity index (χ4v) is 1.50. The average molecular weight is 256 g/mol. The molecule has 0 bridgehead atoms. The van der Waals surface area contributed by atoms with Crippen LogP contribution in [0.4, 0.5) is 11.4 Å². The minimum atomic E-state index is -0.426. The van der Waals surface area contributed by atoms with Gasteiger partial charge in [0.2, 0.25) is 0 Å². The maximum atomic E-state index is 10.5. The Hall–Kier alpha value is -2.69. The Morgan fingerprint density at radius 3 is 2.26 bits per heavy atom. The molecule has 0 amide bonds. The van der Waals surface area contributed by atoms with Gasteiger partial charge in [0.1, 0.15) is 5.75 Å². The van der Waals surface area contributed by atoms with Gasteiger partial charge in [0.15, 0.2) is 0 Å². The molecule has 2 aromatic carbocycles. The van der Waals surface area contributed by atoms with Crippen LogP contribution in [0.2, 0.25) is 0 Å². The summed E-state index contributed by atoms with van der Waals surface area (Å²) in [5, 5.41) is 10.5. The van der Waals surface area contributed by atoms with E-state index in [1.807, 2.05) is 24.3 Å². The van der Waals surface area contributed by atoms with Crippen LogP contribution in [0, 0.1) is 10.1 Å². The molecule has 0 aliphatic carbocycles. The van der Waals surface area contributed by atoms with Crippen molar-refractivity contribution in [1.29, 1.82) is 0 Å². The molecule has 0 spiro atoms. The van der Waals surface area contributed by atoms with E-state index in [1.54, 1.807) is 25.5 Å². The van der Waals surface area contributed by atoms with Gasteiger partial charge in [0.05, 0.1) is 17.7 Å². The first-order valence-corrected chi connectivity index (χ1v) is 5.61. The summed E-state index contributed by atoms with van der Waals surface area (Å²) in [7, 11) is 1.61. The van der Waals surface area contributed by atoms with E-state index in [0.29, 0.717) is 0 Å². The molecular formula is C14H12N2O3. The second-order valence-corrected chi connectivity index (χ2v) is 3.80. The van der Waals surface area contributed by atoms with Crippen LogP contribution in [0.5, 0.6) is 5.75 Å². The molecule has 96 valence electrons. The predicted octanol–water partition coefficient (Wildman–Crippen LogP) is 3.35. The van der Waals surface area contributed by atoms with E-state index >= 15 is 0 Å². The van der Waals surface area contributed by atoms with E-state index in [9.17, 15) is 10.1 Å². The summed E-state index contributed by atoms with van der Waals surface area (Å²) in [6, 6.07) is 13.5. The smallest absolute Gasteiger partial charge is 0.269 e. The molecule has 2 aromatic rings. The Balaban J connectivity index is 2.10. The molecule has 5 heteroatoms. The van der Waals surface area contributed by atoms with Crippen LogP contribution in [0.3, 0.4) is 0 Å². The van der Waals surface area contributed by atoms with Crippen molar-refractivity contribution in [2.45, 2.75) is 0 Å². The second-order valence-electron chi connectivity index (χ2n) is 3.80. The van der Waals surface area contributed by atoms with E-state index in [1.165, 1.54) is 12.1 Å². The van der Waals surface area contributed by atoms with Gasteiger partial charge in [0, 0.05) is 18.3 Å². The lowest BCUT2D eigenvalue weighted by Crippen LogP contribution is -1.88. The van der Waals surface area contributed by atoms with Crippen molar-refractivity contribution in [2.75, 3.05) is 7.11 Å². The minimum absolute atomic E-state index is 0.0709. The Morgan fingerprint density at radius 1 is 1.11 bits per heavy atom. The molecule has 0 saturated heterocycles. The highest BCUT2D eigenvalue weighted by Crippen LogP contribution is 2.18. The Kier molecular flexibility index (Phi) is 3.87. The van der Waals surface area contributed by atoms with Crippen molar-refractivity contribution < 1.29 is 9.66 Å². The maximum absolute atomic E-state index is 10.5. The lowest BCUT2D eigenvalue weighted by molar-refractivity contribution is -0.384. The van der Waals surface area contributed by atoms with Gasteiger partial charge in [0.25, 0.3) is 5.69 Å². The number of rotatable bonds is 4. The fourth-order valence-electron chi connectivity index (χ4n) is 1.50. The highest BCUT2D eigenvalue weighted by Gasteiger charge is 2.02. The summed E-state index contributed by atoms with van der Waals surface area (Å²) in [6.45, 7) is 0. The van der Waals surface area contributed by atoms with Crippen molar-refractivity contribution in [2.24, 2.45) is 4.99 Å². The Bertz CT molecular complexity index is 589. The SMILES string of the molecule is COc1ccc(/N=C/c2ccc([N+](=O)[O-])cc2)cc1. The largest absolute Gasteiger partial charge is 0.497 e. The van der Waals surface area contributed by atoms with Crippen LogP contribution in [0.25, 0.3) is 0 Å². The fraction of sp³-hybridized carbons (Fsp3) is 0.0714. The molecule has 0 fully saturated rings. The highest BCUT2D eigenvalue weighted by molar-refractivity contribution is 5.82. The zero-order valence-corrected chi connectivity index (χ0v) is 10.3. The molecule has 19 heavy (non-hydrogen) atoms. The molecule has 0 unspecified atom stereocenters. The van der Waals surface area contributed by atoms with Crippen molar-refractivity contribution in [3.05, 3.63) is 64.2 Å². The summed E-state index contributed by atoms with van der Waals surface area (Å²) in [6.07, 6.45) is 1.66. The van der Waals surface area contributed by atoms with Crippen LogP contribution < -0.4 is 4.74 Å². The molecule has 0 heterocycles. The van der Waals surface area contributed by atoms with Gasteiger partial charge in [-0.25, -0.2) is 0 Å². The molecule has 0 aliphatic rings. The molecule has 0 aromatic heterocycles. The maximum Gasteiger partial charge on any atom is 0.269 e. The van der Waals surface area contributed by atoms with Crippen molar-refractivity contribution in [3.8, 4) is 5.75 Å². The molecule has 0 aliphatic heterocycles. The molecule has 2 rings (SSSR count). The standard InChI is InChI=1S/C14H12N2O3/c1-19-14-8-4-12(5-9-14)15-10-11-2-6-13(7-3-11)16(17)18/h2-10H,1H3/b15-10+. The molecule has 0 atom stereocenters. The van der Waals surface area contributed by atoms with Crippen LogP contribution in [0.1, 0.15) is 5.56 Å². The van der Waals surface area contributed by atoms with Gasteiger partial charge < -0.3 is 4.74 Å². The lowest BCUT2D eigenvalue weighted by atomic mass is 10.2. The van der Waals surface area contributed by atoms with Crippen LogP contribution in [0.15, 0.2) is 53.5 Å². The second kappa shape index (κ2) is 5.77. The number of hydrogen-bond acceptors (Lipinski definition) is 4. The summed E-state index contributed by atoms with van der Waals surface area (Å²) in [4.78, 5) is 14.4. The van der Waals surface area contributed by atoms with Crippen LogP contribution in [-0.2, 0) is 0 Å². The predicted molar refractivity (Wildman–Crippen MR) is 73.3 cm³/mol. The molecular weight excluding hydrogens is 244 g/mol. The number of aliphatic imine (C=N–C) groups is 1. The summed E-state index contributed by atoms with van der Waals surface area (Å²) < 4.78 is 5.05. The monoisotopic (exact) mass is 256 g/mol. The molecule has 0 saturated carbocycles. The van der Waals surface area contributed by atoms with E-state index in [2.05, 4.69) is 4.99 Å². The molecule has 0 radical (unpaired) electrons. The van der Waals surface area contributed by atoms with E-state index in [-0.39, 0.29) is 5.69 Å². The van der Waals surface area contributed by atoms with Crippen molar-refractivity contribution in [1.82, 2.24) is 0 Å². The third kappa shape index (κ3) is 3.38. The van der Waals surface area contributed by atoms with Gasteiger partial charge in [-0.05, 0) is 42.0 Å². The van der Waals surface area contributed by atoms with Crippen LogP contribution in [-0.4, -0.2) is 18.2 Å². The number of benzene rings is 2. The number of non-ortho nitro benzene ring substituents is 1. The van der Waals surface area contributed by atoms with Crippen LogP contribution >= 0.6 is 0 Å². The zero-order chi connectivity index (χ0) is 13.7. The van der Waals surface area contributed by atoms with E-state index < -0.39 is 4.92 Å². The van der Waals surface area contributed by atoms with Gasteiger partial charge >= 0.3 is 0 Å². The number of ether oxygens (including phenoxy) is 1. The van der Waals surface area contributed by atoms with Gasteiger partial charge in [-0.15, -0.1) is 0 Å². The quantitative estimate of drug-likeness (QED) is 0.478. The summed E-state index contributed by atoms with van der Waals surface area (Å²) >= 11 is 0. The minimum Gasteiger partial charge on any atom is -0.497 e. The number of hydrogen-bond donors (Lipinski definition) is 0. The number of nitro groups is 1. The number of methoxy groups -OCH3 is 1. The Labute approximate surface area is 110 Å². The summed E-state index contributed by atoms with van der Waals surface area (Å²) in [5.41, 5.74) is 1.67. The Morgan fingerprint density at radius 2 is 1.74 bits per heavy atom. The first-order chi connectivity index (χ1) is 9.19. The van der Waals surface area contributed by atoms with Crippen molar-refractivity contribution in [3.63, 3.8) is 0 Å². The first kappa shape index (κ1) is 12.8. The highest BCUT2D eigenvalue weighted by atomic mass is 16.6. The lowest BCUT2D eigenvalue weighted by Gasteiger charge is -1.99. The van der Waals surface area contributed by atoms with E-state index in [4.69, 9.17) is 4.74 Å².